The van der Waals surface area contributed by atoms with Crippen LogP contribution in [0.3, 0.4) is 0 Å². The number of aromatic amines is 1. The lowest BCUT2D eigenvalue weighted by Crippen LogP contribution is -2.30. The van der Waals surface area contributed by atoms with Gasteiger partial charge >= 0.3 is 0 Å². The molecule has 0 saturated carbocycles. The Hall–Kier alpha value is -2.71. The summed E-state index contributed by atoms with van der Waals surface area (Å²) in [6.45, 7) is 2.95. The molecule has 2 aromatic heterocycles. The Labute approximate surface area is 138 Å². The summed E-state index contributed by atoms with van der Waals surface area (Å²) in [5.74, 6) is 0.562. The van der Waals surface area contributed by atoms with E-state index in [0.717, 1.165) is 12.1 Å². The van der Waals surface area contributed by atoms with Gasteiger partial charge in [0.25, 0.3) is 5.56 Å². The third-order valence-corrected chi connectivity index (χ3v) is 4.20. The molecule has 1 N–H and O–H groups in total. The van der Waals surface area contributed by atoms with Gasteiger partial charge in [-0.25, -0.2) is 9.61 Å². The Kier molecular flexibility index (Phi) is 4.32. The third-order valence-electron chi connectivity index (χ3n) is 4.20. The van der Waals surface area contributed by atoms with E-state index in [-0.39, 0.29) is 23.8 Å². The van der Waals surface area contributed by atoms with Gasteiger partial charge in [-0.3, -0.25) is 14.6 Å². The molecule has 1 saturated heterocycles. The van der Waals surface area contributed by atoms with Gasteiger partial charge in [0.1, 0.15) is 11.4 Å². The van der Waals surface area contributed by atoms with E-state index < -0.39 is 0 Å². The van der Waals surface area contributed by atoms with Crippen LogP contribution in [0.15, 0.2) is 15.5 Å². The first-order chi connectivity index (χ1) is 11.4. The Balaban J connectivity index is 1.70. The van der Waals surface area contributed by atoms with Crippen LogP contribution in [0, 0.1) is 6.92 Å². The van der Waals surface area contributed by atoms with Gasteiger partial charge in [0.05, 0.1) is 12.1 Å². The molecule has 1 fully saturated rings. The zero-order valence-corrected chi connectivity index (χ0v) is 13.9. The van der Waals surface area contributed by atoms with Gasteiger partial charge in [-0.2, -0.15) is 0 Å². The maximum Gasteiger partial charge on any atom is 0.252 e. The van der Waals surface area contributed by atoms with Crippen molar-refractivity contribution in [1.82, 2.24) is 25.2 Å². The van der Waals surface area contributed by atoms with Crippen LogP contribution in [0.1, 0.15) is 29.4 Å². The number of hydrogen-bond acceptors (Lipinski definition) is 7. The number of nitrogens with one attached hydrogen (secondary N) is 1. The van der Waals surface area contributed by atoms with Crippen molar-refractivity contribution in [3.63, 3.8) is 0 Å². The van der Waals surface area contributed by atoms with E-state index in [9.17, 15) is 9.59 Å². The Morgan fingerprint density at radius 1 is 1.46 bits per heavy atom. The van der Waals surface area contributed by atoms with Crippen LogP contribution in [0.2, 0.25) is 0 Å². The van der Waals surface area contributed by atoms with E-state index in [4.69, 9.17) is 0 Å². The first kappa shape index (κ1) is 16.2. The standard InChI is InChI=1S/C15H20N6O3/c1-9-11(19-24-18-9)7-14(23)21-5-4-10(8-21)12-6-13(22)17-15(16-12)20(2)3/h6,10H,4-5,7-8H2,1-3H3,(H,16,17,22). The average Bonchev–Trinajstić information content (AvgIpc) is 3.16. The number of aryl methyl sites for hydroxylation is 1. The molecule has 3 rings (SSSR count). The highest BCUT2D eigenvalue weighted by Crippen LogP contribution is 2.26. The number of rotatable bonds is 4. The summed E-state index contributed by atoms with van der Waals surface area (Å²) in [5.41, 5.74) is 1.73. The zero-order valence-electron chi connectivity index (χ0n) is 13.9. The van der Waals surface area contributed by atoms with E-state index in [1.165, 1.54) is 6.07 Å². The van der Waals surface area contributed by atoms with Crippen LogP contribution in [-0.2, 0) is 11.2 Å². The first-order valence-electron chi connectivity index (χ1n) is 7.78. The van der Waals surface area contributed by atoms with E-state index in [1.807, 2.05) is 14.1 Å². The number of carbonyl (C=O) groups is 1. The fourth-order valence-electron chi connectivity index (χ4n) is 2.78. The molecule has 0 aliphatic carbocycles. The number of amides is 1. The molecule has 9 heteroatoms. The van der Waals surface area contributed by atoms with Crippen LogP contribution in [0.25, 0.3) is 0 Å². The maximum absolute atomic E-state index is 12.4. The van der Waals surface area contributed by atoms with Crippen molar-refractivity contribution in [2.45, 2.75) is 25.7 Å². The number of aromatic nitrogens is 4. The third kappa shape index (κ3) is 3.29. The molecule has 9 nitrogen and oxygen atoms in total. The number of carbonyl (C=O) groups excluding carboxylic acids is 1. The lowest BCUT2D eigenvalue weighted by atomic mass is 10.1. The lowest BCUT2D eigenvalue weighted by molar-refractivity contribution is -0.129. The summed E-state index contributed by atoms with van der Waals surface area (Å²) in [4.78, 5) is 34.9. The Morgan fingerprint density at radius 2 is 2.25 bits per heavy atom. The predicted octanol–water partition coefficient (Wildman–Crippen LogP) is 0.0859. The van der Waals surface area contributed by atoms with Crippen molar-refractivity contribution < 1.29 is 9.42 Å². The van der Waals surface area contributed by atoms with Gasteiger partial charge in [-0.15, -0.1) is 0 Å². The maximum atomic E-state index is 12.4. The van der Waals surface area contributed by atoms with Gasteiger partial charge in [0.2, 0.25) is 11.9 Å². The number of hydrogen-bond donors (Lipinski definition) is 1. The largest absolute Gasteiger partial charge is 0.348 e. The summed E-state index contributed by atoms with van der Waals surface area (Å²) in [7, 11) is 3.64. The molecule has 0 aromatic carbocycles. The molecule has 1 aliphatic heterocycles. The van der Waals surface area contributed by atoms with Crippen molar-refractivity contribution in [3.8, 4) is 0 Å². The molecule has 3 heterocycles. The smallest absolute Gasteiger partial charge is 0.252 e. The highest BCUT2D eigenvalue weighted by Gasteiger charge is 2.29. The molecule has 1 amide bonds. The molecular weight excluding hydrogens is 312 g/mol. The van der Waals surface area contributed by atoms with Crippen LogP contribution >= 0.6 is 0 Å². The number of anilines is 1. The number of nitrogens with zero attached hydrogens (tertiary/aromatic N) is 5. The summed E-state index contributed by atoms with van der Waals surface area (Å²) >= 11 is 0. The Morgan fingerprint density at radius 3 is 2.92 bits per heavy atom. The Bertz CT molecular complexity index is 797. The van der Waals surface area contributed by atoms with Crippen LogP contribution in [-0.4, -0.2) is 58.3 Å². The van der Waals surface area contributed by atoms with E-state index in [1.54, 1.807) is 16.7 Å². The molecule has 1 aliphatic rings. The molecule has 0 bridgehead atoms. The highest BCUT2D eigenvalue weighted by atomic mass is 16.6. The van der Waals surface area contributed by atoms with Crippen molar-refractivity contribution in [1.29, 1.82) is 0 Å². The van der Waals surface area contributed by atoms with Crippen LogP contribution in [0.5, 0.6) is 0 Å². The number of H-pyrrole nitrogens is 1. The minimum Gasteiger partial charge on any atom is -0.348 e. The molecule has 24 heavy (non-hydrogen) atoms. The highest BCUT2D eigenvalue weighted by molar-refractivity contribution is 5.78. The lowest BCUT2D eigenvalue weighted by Gasteiger charge is -2.17. The minimum atomic E-state index is -0.183. The second-order valence-electron chi connectivity index (χ2n) is 6.19. The fourth-order valence-corrected chi connectivity index (χ4v) is 2.78. The molecule has 1 unspecified atom stereocenters. The quantitative estimate of drug-likeness (QED) is 0.845. The van der Waals surface area contributed by atoms with Gasteiger partial charge in [-0.1, -0.05) is 10.3 Å². The van der Waals surface area contributed by atoms with Crippen molar-refractivity contribution >= 4 is 11.9 Å². The SMILES string of the molecule is Cc1nonc1CC(=O)N1CCC(c2cc(=O)[nH]c(N(C)C)n2)C1. The van der Waals surface area contributed by atoms with E-state index in [2.05, 4.69) is 24.9 Å². The molecular formula is C15H20N6O3. The normalized spacial score (nSPS) is 17.3. The summed E-state index contributed by atoms with van der Waals surface area (Å²) in [5, 5.41) is 7.44. The fraction of sp³-hybridized carbons (Fsp3) is 0.533. The molecule has 2 aromatic rings. The van der Waals surface area contributed by atoms with Crippen LogP contribution in [0.4, 0.5) is 5.95 Å². The van der Waals surface area contributed by atoms with Gasteiger partial charge in [0, 0.05) is 39.2 Å². The van der Waals surface area contributed by atoms with E-state index >= 15 is 0 Å². The monoisotopic (exact) mass is 332 g/mol. The summed E-state index contributed by atoms with van der Waals surface area (Å²) < 4.78 is 4.62. The van der Waals surface area contributed by atoms with Crippen LogP contribution < -0.4 is 10.5 Å². The predicted molar refractivity (Wildman–Crippen MR) is 85.9 cm³/mol. The first-order valence-corrected chi connectivity index (χ1v) is 7.78. The summed E-state index contributed by atoms with van der Waals surface area (Å²) in [6, 6.07) is 1.51. The minimum absolute atomic E-state index is 0.0195. The van der Waals surface area contributed by atoms with Gasteiger partial charge < -0.3 is 9.80 Å². The number of likely N-dealkylation sites (tertiary alicyclic amines) is 1. The molecule has 0 radical (unpaired) electrons. The van der Waals surface area contributed by atoms with Crippen molar-refractivity contribution in [3.05, 3.63) is 33.5 Å². The summed E-state index contributed by atoms with van der Waals surface area (Å²) in [6.07, 6.45) is 0.957. The zero-order chi connectivity index (χ0) is 17.3. The van der Waals surface area contributed by atoms with E-state index in [0.29, 0.717) is 30.4 Å². The second-order valence-corrected chi connectivity index (χ2v) is 6.19. The van der Waals surface area contributed by atoms with Gasteiger partial charge in [-0.05, 0) is 13.3 Å². The van der Waals surface area contributed by atoms with Crippen molar-refractivity contribution in [2.75, 3.05) is 32.1 Å². The molecule has 1 atom stereocenters. The molecule has 128 valence electrons. The van der Waals surface area contributed by atoms with Crippen molar-refractivity contribution in [2.24, 2.45) is 0 Å². The molecule has 0 spiro atoms. The average molecular weight is 332 g/mol. The second kappa shape index (κ2) is 6.42. The topological polar surface area (TPSA) is 108 Å². The van der Waals surface area contributed by atoms with Gasteiger partial charge in [0.15, 0.2) is 0 Å².